The molecule has 4 rings (SSSR count). The van der Waals surface area contributed by atoms with E-state index in [1.54, 1.807) is 11.8 Å². The van der Waals surface area contributed by atoms with Crippen LogP contribution in [0.3, 0.4) is 0 Å². The molecular formula is C19H21N3O5. The van der Waals surface area contributed by atoms with E-state index in [4.69, 9.17) is 0 Å². The van der Waals surface area contributed by atoms with E-state index in [0.717, 1.165) is 11.1 Å². The lowest BCUT2D eigenvalue weighted by Crippen LogP contribution is -2.61. The SMILES string of the molecule is C[C@@H](O)[C@H]1C(=O)N2C(C(=O)O)=C(c3ccc(CN4CCNC4=O)cc3)C[C@H]12. The van der Waals surface area contributed by atoms with E-state index in [1.807, 2.05) is 24.3 Å². The van der Waals surface area contributed by atoms with Gasteiger partial charge in [-0.2, -0.15) is 0 Å². The number of urea groups is 1. The van der Waals surface area contributed by atoms with Crippen LogP contribution in [-0.4, -0.2) is 63.2 Å². The minimum absolute atomic E-state index is 0.00794. The van der Waals surface area contributed by atoms with Crippen LogP contribution in [0.4, 0.5) is 4.79 Å². The summed E-state index contributed by atoms with van der Waals surface area (Å²) in [5, 5.41) is 22.2. The number of carbonyl (C=O) groups excluding carboxylic acids is 2. The lowest BCUT2D eigenvalue weighted by molar-refractivity contribution is -0.161. The number of rotatable bonds is 5. The lowest BCUT2D eigenvalue weighted by atomic mass is 9.82. The summed E-state index contributed by atoms with van der Waals surface area (Å²) in [5.41, 5.74) is 2.31. The largest absolute Gasteiger partial charge is 0.477 e. The second kappa shape index (κ2) is 6.38. The Hall–Kier alpha value is -2.87. The molecule has 1 aromatic carbocycles. The van der Waals surface area contributed by atoms with Crippen LogP contribution < -0.4 is 5.32 Å². The highest BCUT2D eigenvalue weighted by molar-refractivity contribution is 6.06. The Morgan fingerprint density at radius 3 is 2.56 bits per heavy atom. The highest BCUT2D eigenvalue weighted by atomic mass is 16.4. The molecule has 8 nitrogen and oxygen atoms in total. The third-order valence-electron chi connectivity index (χ3n) is 5.55. The number of carboxylic acids is 1. The smallest absolute Gasteiger partial charge is 0.352 e. The van der Waals surface area contributed by atoms with Crippen molar-refractivity contribution in [2.75, 3.05) is 13.1 Å². The Morgan fingerprint density at radius 1 is 1.30 bits per heavy atom. The minimum Gasteiger partial charge on any atom is -0.477 e. The van der Waals surface area contributed by atoms with Crippen molar-refractivity contribution in [3.8, 4) is 0 Å². The fourth-order valence-electron chi connectivity index (χ4n) is 4.22. The number of benzene rings is 1. The molecule has 1 aromatic rings. The molecule has 3 amide bonds. The van der Waals surface area contributed by atoms with Crippen LogP contribution >= 0.6 is 0 Å². The van der Waals surface area contributed by atoms with Crippen molar-refractivity contribution in [3.63, 3.8) is 0 Å². The van der Waals surface area contributed by atoms with E-state index in [1.165, 1.54) is 4.90 Å². The molecule has 0 unspecified atom stereocenters. The number of carboxylic acid groups (broad SMARTS) is 1. The van der Waals surface area contributed by atoms with Crippen LogP contribution in [0.2, 0.25) is 0 Å². The van der Waals surface area contributed by atoms with E-state index >= 15 is 0 Å². The molecule has 0 spiro atoms. The number of nitrogens with zero attached hydrogens (tertiary/aromatic N) is 2. The monoisotopic (exact) mass is 371 g/mol. The molecule has 0 bridgehead atoms. The molecule has 2 fully saturated rings. The number of carbonyl (C=O) groups is 3. The highest BCUT2D eigenvalue weighted by Crippen LogP contribution is 2.46. The first-order chi connectivity index (χ1) is 12.9. The Labute approximate surface area is 156 Å². The van der Waals surface area contributed by atoms with Crippen molar-refractivity contribution in [2.45, 2.75) is 32.0 Å². The van der Waals surface area contributed by atoms with Gasteiger partial charge in [-0.05, 0) is 30.0 Å². The van der Waals surface area contributed by atoms with Gasteiger partial charge in [0.1, 0.15) is 5.70 Å². The van der Waals surface area contributed by atoms with Crippen LogP contribution in [0.5, 0.6) is 0 Å². The molecule has 0 aliphatic carbocycles. The predicted molar refractivity (Wildman–Crippen MR) is 95.2 cm³/mol. The molecular weight excluding hydrogens is 350 g/mol. The zero-order valence-corrected chi connectivity index (χ0v) is 14.9. The van der Waals surface area contributed by atoms with Crippen LogP contribution in [0.15, 0.2) is 30.0 Å². The highest BCUT2D eigenvalue weighted by Gasteiger charge is 2.56. The van der Waals surface area contributed by atoms with Crippen LogP contribution in [0.1, 0.15) is 24.5 Å². The molecule has 142 valence electrons. The van der Waals surface area contributed by atoms with Crippen molar-refractivity contribution < 1.29 is 24.6 Å². The number of aliphatic carboxylic acids is 1. The summed E-state index contributed by atoms with van der Waals surface area (Å²) in [6.07, 6.45) is -0.390. The van der Waals surface area contributed by atoms with Gasteiger partial charge in [-0.25, -0.2) is 9.59 Å². The number of nitrogens with one attached hydrogen (secondary N) is 1. The summed E-state index contributed by atoms with van der Waals surface area (Å²) in [7, 11) is 0. The average molecular weight is 371 g/mol. The lowest BCUT2D eigenvalue weighted by Gasteiger charge is -2.44. The van der Waals surface area contributed by atoms with Gasteiger partial charge in [-0.15, -0.1) is 0 Å². The Bertz CT molecular complexity index is 845. The van der Waals surface area contributed by atoms with Gasteiger partial charge in [-0.1, -0.05) is 24.3 Å². The van der Waals surface area contributed by atoms with E-state index < -0.39 is 18.0 Å². The first kappa shape index (κ1) is 17.5. The third kappa shape index (κ3) is 2.76. The van der Waals surface area contributed by atoms with Gasteiger partial charge in [0, 0.05) is 19.6 Å². The van der Waals surface area contributed by atoms with Gasteiger partial charge in [0.05, 0.1) is 18.1 Å². The molecule has 0 saturated carbocycles. The van der Waals surface area contributed by atoms with Gasteiger partial charge >= 0.3 is 12.0 Å². The molecule has 0 aromatic heterocycles. The normalized spacial score (nSPS) is 25.4. The number of β-lactam (4-membered cyclic amide) rings is 1. The van der Waals surface area contributed by atoms with Crippen LogP contribution in [-0.2, 0) is 16.1 Å². The molecule has 3 aliphatic heterocycles. The van der Waals surface area contributed by atoms with E-state index in [0.29, 0.717) is 31.6 Å². The number of amides is 3. The van der Waals surface area contributed by atoms with Crippen molar-refractivity contribution in [2.24, 2.45) is 5.92 Å². The van der Waals surface area contributed by atoms with Gasteiger partial charge in [0.2, 0.25) is 5.91 Å². The molecule has 27 heavy (non-hydrogen) atoms. The zero-order chi connectivity index (χ0) is 19.3. The van der Waals surface area contributed by atoms with Crippen LogP contribution in [0, 0.1) is 5.92 Å². The van der Waals surface area contributed by atoms with Crippen molar-refractivity contribution in [3.05, 3.63) is 41.1 Å². The van der Waals surface area contributed by atoms with Gasteiger partial charge in [0.25, 0.3) is 0 Å². The second-order valence-corrected chi connectivity index (χ2v) is 7.23. The fraction of sp³-hybridized carbons (Fsp3) is 0.421. The number of hydrogen-bond donors (Lipinski definition) is 3. The quantitative estimate of drug-likeness (QED) is 0.657. The first-order valence-corrected chi connectivity index (χ1v) is 8.98. The molecule has 8 heteroatoms. The van der Waals surface area contributed by atoms with Gasteiger partial charge < -0.3 is 25.3 Å². The van der Waals surface area contributed by atoms with Crippen molar-refractivity contribution in [1.82, 2.24) is 15.1 Å². The standard InChI is InChI=1S/C19H21N3O5/c1-10(23)15-14-8-13(16(18(25)26)22(14)17(15)24)12-4-2-11(3-5-12)9-21-7-6-20-19(21)27/h2-5,10,14-15,23H,6-9H2,1H3,(H,20,27)(H,25,26)/t10-,14-,15-/m1/s1. The molecule has 3 N–H and O–H groups in total. The first-order valence-electron chi connectivity index (χ1n) is 8.98. The number of fused-ring (bicyclic) bond motifs is 1. The summed E-state index contributed by atoms with van der Waals surface area (Å²) in [5.74, 6) is -2.02. The van der Waals surface area contributed by atoms with Crippen LogP contribution in [0.25, 0.3) is 5.57 Å². The summed E-state index contributed by atoms with van der Waals surface area (Å²) < 4.78 is 0. The predicted octanol–water partition coefficient (Wildman–Crippen LogP) is 0.619. The molecule has 2 saturated heterocycles. The second-order valence-electron chi connectivity index (χ2n) is 7.23. The number of aliphatic hydroxyl groups excluding tert-OH is 1. The van der Waals surface area contributed by atoms with Crippen molar-refractivity contribution in [1.29, 1.82) is 0 Å². The Balaban J connectivity index is 1.58. The Morgan fingerprint density at radius 2 is 2.00 bits per heavy atom. The average Bonchev–Trinajstić information content (AvgIpc) is 3.17. The van der Waals surface area contributed by atoms with Gasteiger partial charge in [0.15, 0.2) is 0 Å². The summed E-state index contributed by atoms with van der Waals surface area (Å²) in [6.45, 7) is 3.35. The van der Waals surface area contributed by atoms with E-state index in [2.05, 4.69) is 5.32 Å². The molecule has 3 heterocycles. The molecule has 3 aliphatic rings. The maximum absolute atomic E-state index is 12.3. The summed E-state index contributed by atoms with van der Waals surface area (Å²) in [4.78, 5) is 38.7. The zero-order valence-electron chi connectivity index (χ0n) is 14.9. The topological polar surface area (TPSA) is 110 Å². The maximum atomic E-state index is 12.3. The minimum atomic E-state index is -1.14. The van der Waals surface area contributed by atoms with E-state index in [9.17, 15) is 24.6 Å². The van der Waals surface area contributed by atoms with Crippen molar-refractivity contribution >= 4 is 23.5 Å². The maximum Gasteiger partial charge on any atom is 0.352 e. The number of hydrogen-bond acceptors (Lipinski definition) is 4. The third-order valence-corrected chi connectivity index (χ3v) is 5.55. The van der Waals surface area contributed by atoms with E-state index in [-0.39, 0.29) is 23.7 Å². The Kier molecular flexibility index (Phi) is 4.15. The fourth-order valence-corrected chi connectivity index (χ4v) is 4.22. The van der Waals surface area contributed by atoms with Gasteiger partial charge in [-0.3, -0.25) is 4.79 Å². The summed E-state index contributed by atoms with van der Waals surface area (Å²) >= 11 is 0. The summed E-state index contributed by atoms with van der Waals surface area (Å²) in [6, 6.07) is 7.02. The molecule has 0 radical (unpaired) electrons. The number of aliphatic hydroxyl groups is 1. The molecule has 3 atom stereocenters.